The lowest BCUT2D eigenvalue weighted by Crippen LogP contribution is -2.14. The molecule has 0 aliphatic rings. The molecule has 5 heteroatoms. The van der Waals surface area contributed by atoms with Gasteiger partial charge in [0.05, 0.1) is 17.8 Å². The molecule has 0 spiro atoms. The summed E-state index contributed by atoms with van der Waals surface area (Å²) in [6.07, 6.45) is -0.514. The van der Waals surface area contributed by atoms with Crippen molar-refractivity contribution in [2.75, 3.05) is 12.4 Å². The van der Waals surface area contributed by atoms with Crippen LogP contribution in [-0.2, 0) is 11.3 Å². The smallest absolute Gasteiger partial charge is 0.411 e. The monoisotopic (exact) mass is 319 g/mol. The molecule has 0 aliphatic carbocycles. The zero-order chi connectivity index (χ0) is 16.1. The molecule has 22 heavy (non-hydrogen) atoms. The highest BCUT2D eigenvalue weighted by Gasteiger charge is 2.11. The van der Waals surface area contributed by atoms with E-state index >= 15 is 0 Å². The fourth-order valence-corrected chi connectivity index (χ4v) is 2.33. The number of ether oxygens (including phenoxy) is 2. The maximum atomic E-state index is 11.4. The highest BCUT2D eigenvalue weighted by molar-refractivity contribution is 6.32. The molecule has 2 rings (SSSR count). The number of rotatable bonds is 4. The minimum absolute atomic E-state index is 0.300. The van der Waals surface area contributed by atoms with Crippen LogP contribution in [0.3, 0.4) is 0 Å². The highest BCUT2D eigenvalue weighted by atomic mass is 35.5. The molecule has 0 aromatic heterocycles. The predicted molar refractivity (Wildman–Crippen MR) is 87.7 cm³/mol. The number of halogens is 1. The lowest BCUT2D eigenvalue weighted by atomic mass is 10.1. The Morgan fingerprint density at radius 1 is 1.23 bits per heavy atom. The van der Waals surface area contributed by atoms with E-state index in [1.807, 2.05) is 44.2 Å². The predicted octanol–water partition coefficient (Wildman–Crippen LogP) is 4.71. The Balaban J connectivity index is 2.19. The Morgan fingerprint density at radius 2 is 2.00 bits per heavy atom. The van der Waals surface area contributed by atoms with E-state index in [9.17, 15) is 4.79 Å². The normalized spacial score (nSPS) is 10.2. The maximum Gasteiger partial charge on any atom is 0.411 e. The van der Waals surface area contributed by atoms with Gasteiger partial charge >= 0.3 is 6.09 Å². The van der Waals surface area contributed by atoms with Gasteiger partial charge in [-0.25, -0.2) is 4.79 Å². The summed E-state index contributed by atoms with van der Waals surface area (Å²) in [4.78, 5) is 11.4. The molecule has 0 fully saturated rings. The Kier molecular flexibility index (Phi) is 5.28. The van der Waals surface area contributed by atoms with Crippen LogP contribution in [-0.4, -0.2) is 13.2 Å². The van der Waals surface area contributed by atoms with Gasteiger partial charge < -0.3 is 9.47 Å². The first-order valence-corrected chi connectivity index (χ1v) is 7.21. The van der Waals surface area contributed by atoms with Crippen LogP contribution >= 0.6 is 11.6 Å². The van der Waals surface area contributed by atoms with Crippen molar-refractivity contribution < 1.29 is 14.3 Å². The van der Waals surface area contributed by atoms with Crippen LogP contribution in [0.25, 0.3) is 0 Å². The molecule has 0 aliphatic heterocycles. The van der Waals surface area contributed by atoms with Gasteiger partial charge in [-0.2, -0.15) is 0 Å². The second-order valence-corrected chi connectivity index (χ2v) is 5.35. The van der Waals surface area contributed by atoms with Crippen molar-refractivity contribution in [3.63, 3.8) is 0 Å². The van der Waals surface area contributed by atoms with Crippen molar-refractivity contribution in [3.8, 4) is 5.75 Å². The lowest BCUT2D eigenvalue weighted by molar-refractivity contribution is 0.187. The third kappa shape index (κ3) is 3.92. The van der Waals surface area contributed by atoms with Crippen LogP contribution in [0.1, 0.15) is 16.7 Å². The molecule has 0 radical (unpaired) electrons. The minimum atomic E-state index is -0.514. The fourth-order valence-electron chi connectivity index (χ4n) is 2.04. The lowest BCUT2D eigenvalue weighted by Gasteiger charge is -2.15. The number of carbonyl (C=O) groups is 1. The van der Waals surface area contributed by atoms with Gasteiger partial charge in [0, 0.05) is 5.56 Å². The summed E-state index contributed by atoms with van der Waals surface area (Å²) in [5, 5.41) is 3.25. The van der Waals surface area contributed by atoms with Crippen LogP contribution < -0.4 is 10.1 Å². The first kappa shape index (κ1) is 16.2. The first-order chi connectivity index (χ1) is 10.5. The quantitative estimate of drug-likeness (QED) is 0.887. The number of hydrogen-bond acceptors (Lipinski definition) is 3. The Labute approximate surface area is 135 Å². The van der Waals surface area contributed by atoms with Crippen molar-refractivity contribution in [1.29, 1.82) is 0 Å². The third-order valence-electron chi connectivity index (χ3n) is 3.29. The van der Waals surface area contributed by atoms with Gasteiger partial charge in [-0.1, -0.05) is 29.8 Å². The topological polar surface area (TPSA) is 47.6 Å². The summed E-state index contributed by atoms with van der Waals surface area (Å²) < 4.78 is 10.4. The SMILES string of the molecule is COC(=O)Nc1cccc(C)c1COc1ccc(C)cc1Cl. The van der Waals surface area contributed by atoms with E-state index in [0.717, 1.165) is 16.7 Å². The van der Waals surface area contributed by atoms with E-state index in [0.29, 0.717) is 23.1 Å². The highest BCUT2D eigenvalue weighted by Crippen LogP contribution is 2.28. The molecule has 2 aromatic rings. The van der Waals surface area contributed by atoms with Gasteiger partial charge in [-0.15, -0.1) is 0 Å². The van der Waals surface area contributed by atoms with E-state index in [2.05, 4.69) is 10.1 Å². The number of benzene rings is 2. The first-order valence-electron chi connectivity index (χ1n) is 6.83. The van der Waals surface area contributed by atoms with E-state index in [1.165, 1.54) is 7.11 Å². The Morgan fingerprint density at radius 3 is 2.68 bits per heavy atom. The number of hydrogen-bond donors (Lipinski definition) is 1. The van der Waals surface area contributed by atoms with E-state index in [1.54, 1.807) is 6.07 Å². The van der Waals surface area contributed by atoms with Crippen LogP contribution in [0.5, 0.6) is 5.75 Å². The molecule has 1 amide bonds. The number of amides is 1. The Bertz CT molecular complexity index is 686. The summed E-state index contributed by atoms with van der Waals surface area (Å²) in [6.45, 7) is 4.22. The third-order valence-corrected chi connectivity index (χ3v) is 3.59. The summed E-state index contributed by atoms with van der Waals surface area (Å²) in [5.41, 5.74) is 3.62. The summed E-state index contributed by atoms with van der Waals surface area (Å²) in [6, 6.07) is 11.2. The summed E-state index contributed by atoms with van der Waals surface area (Å²) in [7, 11) is 1.33. The van der Waals surface area contributed by atoms with E-state index in [-0.39, 0.29) is 0 Å². The van der Waals surface area contributed by atoms with Gasteiger partial charge in [-0.3, -0.25) is 5.32 Å². The van der Waals surface area contributed by atoms with Crippen LogP contribution in [0.4, 0.5) is 10.5 Å². The average molecular weight is 320 g/mol. The molecule has 0 atom stereocenters. The van der Waals surface area contributed by atoms with Crippen molar-refractivity contribution in [1.82, 2.24) is 0 Å². The number of aryl methyl sites for hydroxylation is 2. The number of nitrogens with one attached hydrogen (secondary N) is 1. The molecule has 0 saturated heterocycles. The number of anilines is 1. The van der Waals surface area contributed by atoms with Crippen LogP contribution in [0.15, 0.2) is 36.4 Å². The maximum absolute atomic E-state index is 11.4. The Hall–Kier alpha value is -2.20. The van der Waals surface area contributed by atoms with Crippen LogP contribution in [0.2, 0.25) is 5.02 Å². The van der Waals surface area contributed by atoms with Crippen molar-refractivity contribution in [2.24, 2.45) is 0 Å². The molecule has 116 valence electrons. The summed E-state index contributed by atoms with van der Waals surface area (Å²) >= 11 is 6.17. The molecule has 0 bridgehead atoms. The zero-order valence-electron chi connectivity index (χ0n) is 12.8. The van der Waals surface area contributed by atoms with Gasteiger partial charge in [0.15, 0.2) is 0 Å². The van der Waals surface area contributed by atoms with E-state index in [4.69, 9.17) is 16.3 Å². The van der Waals surface area contributed by atoms with Gasteiger partial charge in [-0.05, 0) is 43.2 Å². The average Bonchev–Trinajstić information content (AvgIpc) is 2.48. The zero-order valence-corrected chi connectivity index (χ0v) is 13.5. The molecular weight excluding hydrogens is 302 g/mol. The molecule has 0 saturated carbocycles. The summed E-state index contributed by atoms with van der Waals surface area (Å²) in [5.74, 6) is 0.611. The molecule has 1 N–H and O–H groups in total. The second-order valence-electron chi connectivity index (χ2n) is 4.94. The molecule has 2 aromatic carbocycles. The van der Waals surface area contributed by atoms with Crippen LogP contribution in [0, 0.1) is 13.8 Å². The fraction of sp³-hybridized carbons (Fsp3) is 0.235. The molecular formula is C17H18ClNO3. The number of carbonyl (C=O) groups excluding carboxylic acids is 1. The van der Waals surface area contributed by atoms with Gasteiger partial charge in [0.1, 0.15) is 12.4 Å². The molecule has 0 heterocycles. The van der Waals surface area contributed by atoms with Crippen molar-refractivity contribution in [2.45, 2.75) is 20.5 Å². The molecule has 0 unspecified atom stereocenters. The number of methoxy groups -OCH3 is 1. The van der Waals surface area contributed by atoms with E-state index < -0.39 is 6.09 Å². The largest absolute Gasteiger partial charge is 0.487 e. The standard InChI is InChI=1S/C17H18ClNO3/c1-11-7-8-16(14(18)9-11)22-10-13-12(2)5-4-6-15(13)19-17(20)21-3/h4-9H,10H2,1-3H3,(H,19,20). The second kappa shape index (κ2) is 7.18. The van der Waals surface area contributed by atoms with Gasteiger partial charge in [0.25, 0.3) is 0 Å². The van der Waals surface area contributed by atoms with Crippen molar-refractivity contribution >= 4 is 23.4 Å². The minimum Gasteiger partial charge on any atom is -0.487 e. The molecule has 4 nitrogen and oxygen atoms in total. The van der Waals surface area contributed by atoms with Crippen molar-refractivity contribution in [3.05, 3.63) is 58.1 Å². The van der Waals surface area contributed by atoms with Gasteiger partial charge in [0.2, 0.25) is 0 Å².